The lowest BCUT2D eigenvalue weighted by atomic mass is 10.2. The third-order valence-corrected chi connectivity index (χ3v) is 5.03. The van der Waals surface area contributed by atoms with Gasteiger partial charge in [-0.2, -0.15) is 5.10 Å². The van der Waals surface area contributed by atoms with Gasteiger partial charge in [-0.15, -0.1) is 11.3 Å². The van der Waals surface area contributed by atoms with Crippen molar-refractivity contribution in [2.75, 3.05) is 7.11 Å². The molecule has 0 aliphatic heterocycles. The lowest BCUT2D eigenvalue weighted by Crippen LogP contribution is -2.08. The number of nitrogens with zero attached hydrogens (tertiary/aromatic N) is 4. The van der Waals surface area contributed by atoms with Gasteiger partial charge in [-0.25, -0.2) is 14.6 Å². The minimum Gasteiger partial charge on any atom is -0.497 e. The first-order valence-electron chi connectivity index (χ1n) is 8.19. The van der Waals surface area contributed by atoms with Crippen LogP contribution in [0.25, 0.3) is 0 Å². The molecular weight excluding hydrogens is 320 g/mol. The van der Waals surface area contributed by atoms with Crippen molar-refractivity contribution in [2.24, 2.45) is 0 Å². The van der Waals surface area contributed by atoms with Crippen molar-refractivity contribution in [2.45, 2.75) is 38.6 Å². The number of hydrogen-bond donors (Lipinski definition) is 0. The van der Waals surface area contributed by atoms with Gasteiger partial charge >= 0.3 is 0 Å². The first-order valence-corrected chi connectivity index (χ1v) is 9.07. The molecule has 1 aliphatic rings. The molecule has 0 spiro atoms. The predicted octanol–water partition coefficient (Wildman–Crippen LogP) is 3.57. The van der Waals surface area contributed by atoms with Crippen LogP contribution in [-0.2, 0) is 13.0 Å². The molecule has 2 aromatic heterocycles. The quantitative estimate of drug-likeness (QED) is 0.688. The summed E-state index contributed by atoms with van der Waals surface area (Å²) in [5.41, 5.74) is 2.27. The SMILES string of the molecule is COc1ccc(Cn2nc(C3CC3)nc2Cc2csc(C)n2)cc1. The smallest absolute Gasteiger partial charge is 0.154 e. The topological polar surface area (TPSA) is 52.8 Å². The summed E-state index contributed by atoms with van der Waals surface area (Å²) >= 11 is 1.68. The number of hydrogen-bond acceptors (Lipinski definition) is 5. The largest absolute Gasteiger partial charge is 0.497 e. The number of rotatable bonds is 6. The lowest BCUT2D eigenvalue weighted by Gasteiger charge is -2.06. The van der Waals surface area contributed by atoms with Gasteiger partial charge < -0.3 is 4.74 Å². The Bertz CT molecular complexity index is 833. The Morgan fingerprint density at radius 2 is 2.00 bits per heavy atom. The van der Waals surface area contributed by atoms with Crippen LogP contribution in [0.1, 0.15) is 46.7 Å². The highest BCUT2D eigenvalue weighted by atomic mass is 32.1. The van der Waals surface area contributed by atoms with Crippen LogP contribution in [0, 0.1) is 6.92 Å². The number of aryl methyl sites for hydroxylation is 1. The van der Waals surface area contributed by atoms with E-state index in [1.54, 1.807) is 18.4 Å². The number of aromatic nitrogens is 4. The first kappa shape index (κ1) is 15.3. The summed E-state index contributed by atoms with van der Waals surface area (Å²) < 4.78 is 7.26. The molecule has 0 radical (unpaired) electrons. The molecule has 0 N–H and O–H groups in total. The van der Waals surface area contributed by atoms with E-state index >= 15 is 0 Å². The number of ether oxygens (including phenoxy) is 1. The monoisotopic (exact) mass is 340 g/mol. The molecule has 0 bridgehead atoms. The summed E-state index contributed by atoms with van der Waals surface area (Å²) in [6.45, 7) is 2.76. The molecule has 1 saturated carbocycles. The molecule has 5 nitrogen and oxygen atoms in total. The predicted molar refractivity (Wildman–Crippen MR) is 93.8 cm³/mol. The molecule has 3 aromatic rings. The molecule has 0 unspecified atom stereocenters. The summed E-state index contributed by atoms with van der Waals surface area (Å²) in [6, 6.07) is 8.12. The fraction of sp³-hybridized carbons (Fsp3) is 0.389. The molecule has 6 heteroatoms. The zero-order valence-corrected chi connectivity index (χ0v) is 14.7. The van der Waals surface area contributed by atoms with Gasteiger partial charge in [-0.05, 0) is 37.5 Å². The van der Waals surface area contributed by atoms with E-state index in [0.29, 0.717) is 5.92 Å². The second-order valence-electron chi connectivity index (χ2n) is 6.20. The highest BCUT2D eigenvalue weighted by Gasteiger charge is 2.29. The van der Waals surface area contributed by atoms with Gasteiger partial charge in [0.05, 0.1) is 30.8 Å². The maximum atomic E-state index is 5.23. The Balaban J connectivity index is 1.59. The molecule has 124 valence electrons. The van der Waals surface area contributed by atoms with E-state index in [-0.39, 0.29) is 0 Å². The van der Waals surface area contributed by atoms with Gasteiger partial charge in [0.2, 0.25) is 0 Å². The molecular formula is C18H20N4OS. The van der Waals surface area contributed by atoms with E-state index in [1.807, 2.05) is 23.7 Å². The number of benzene rings is 1. The first-order chi connectivity index (χ1) is 11.7. The fourth-order valence-electron chi connectivity index (χ4n) is 2.72. The third kappa shape index (κ3) is 3.33. The van der Waals surface area contributed by atoms with Crippen LogP contribution < -0.4 is 4.74 Å². The van der Waals surface area contributed by atoms with Crippen molar-refractivity contribution < 1.29 is 4.74 Å². The Hall–Kier alpha value is -2.21. The van der Waals surface area contributed by atoms with Crippen LogP contribution in [0.15, 0.2) is 29.6 Å². The van der Waals surface area contributed by atoms with E-state index < -0.39 is 0 Å². The molecule has 2 heterocycles. The molecule has 0 amide bonds. The zero-order chi connectivity index (χ0) is 16.5. The van der Waals surface area contributed by atoms with E-state index in [0.717, 1.165) is 41.1 Å². The van der Waals surface area contributed by atoms with Crippen LogP contribution in [0.5, 0.6) is 5.75 Å². The summed E-state index contributed by atoms with van der Waals surface area (Å²) in [7, 11) is 1.68. The molecule has 1 aliphatic carbocycles. The highest BCUT2D eigenvalue weighted by molar-refractivity contribution is 7.09. The second-order valence-corrected chi connectivity index (χ2v) is 7.26. The van der Waals surface area contributed by atoms with E-state index in [9.17, 15) is 0 Å². The Morgan fingerprint density at radius 3 is 2.62 bits per heavy atom. The lowest BCUT2D eigenvalue weighted by molar-refractivity contribution is 0.414. The number of methoxy groups -OCH3 is 1. The summed E-state index contributed by atoms with van der Waals surface area (Å²) in [5.74, 6) is 3.41. The second kappa shape index (κ2) is 6.36. The maximum absolute atomic E-state index is 5.23. The summed E-state index contributed by atoms with van der Waals surface area (Å²) in [6.07, 6.45) is 3.16. The minimum absolute atomic E-state index is 0.554. The van der Waals surface area contributed by atoms with Crippen LogP contribution in [0.2, 0.25) is 0 Å². The average molecular weight is 340 g/mol. The Morgan fingerprint density at radius 1 is 1.21 bits per heavy atom. The summed E-state index contributed by atoms with van der Waals surface area (Å²) in [5, 5.41) is 7.96. The standard InChI is InChI=1S/C18H20N4OS/c1-12-19-15(11-24-12)9-17-20-18(14-5-6-14)21-22(17)10-13-3-7-16(23-2)8-4-13/h3-4,7-8,11,14H,5-6,9-10H2,1-2H3. The van der Waals surface area contributed by atoms with Crippen molar-refractivity contribution in [1.82, 2.24) is 19.7 Å². The number of thiazole rings is 1. The van der Waals surface area contributed by atoms with E-state index in [2.05, 4.69) is 22.5 Å². The molecule has 0 atom stereocenters. The molecule has 4 rings (SSSR count). The van der Waals surface area contributed by atoms with Gasteiger partial charge in [0, 0.05) is 11.3 Å². The van der Waals surface area contributed by atoms with Crippen molar-refractivity contribution in [1.29, 1.82) is 0 Å². The highest BCUT2D eigenvalue weighted by Crippen LogP contribution is 2.38. The van der Waals surface area contributed by atoms with Crippen molar-refractivity contribution in [3.63, 3.8) is 0 Å². The van der Waals surface area contributed by atoms with Crippen LogP contribution in [0.3, 0.4) is 0 Å². The normalized spacial score (nSPS) is 14.1. The van der Waals surface area contributed by atoms with Gasteiger partial charge in [-0.3, -0.25) is 0 Å². The van der Waals surface area contributed by atoms with E-state index in [1.165, 1.54) is 18.4 Å². The fourth-order valence-corrected chi connectivity index (χ4v) is 3.33. The van der Waals surface area contributed by atoms with Crippen LogP contribution >= 0.6 is 11.3 Å². The third-order valence-electron chi connectivity index (χ3n) is 4.20. The van der Waals surface area contributed by atoms with Gasteiger partial charge in [0.1, 0.15) is 11.6 Å². The van der Waals surface area contributed by atoms with Crippen LogP contribution in [0.4, 0.5) is 0 Å². The zero-order valence-electron chi connectivity index (χ0n) is 13.9. The Labute approximate surface area is 145 Å². The molecule has 1 aromatic carbocycles. The van der Waals surface area contributed by atoms with Crippen LogP contribution in [-0.4, -0.2) is 26.9 Å². The minimum atomic E-state index is 0.554. The van der Waals surface area contributed by atoms with Gasteiger partial charge in [0.15, 0.2) is 5.82 Å². The van der Waals surface area contributed by atoms with Crippen molar-refractivity contribution in [3.8, 4) is 5.75 Å². The van der Waals surface area contributed by atoms with E-state index in [4.69, 9.17) is 14.8 Å². The maximum Gasteiger partial charge on any atom is 0.154 e. The Kier molecular flexibility index (Phi) is 4.06. The van der Waals surface area contributed by atoms with Crippen molar-refractivity contribution >= 4 is 11.3 Å². The summed E-state index contributed by atoms with van der Waals surface area (Å²) in [4.78, 5) is 9.37. The van der Waals surface area contributed by atoms with Gasteiger partial charge in [0.25, 0.3) is 0 Å². The van der Waals surface area contributed by atoms with Gasteiger partial charge in [-0.1, -0.05) is 12.1 Å². The molecule has 24 heavy (non-hydrogen) atoms. The van der Waals surface area contributed by atoms with Crippen molar-refractivity contribution in [3.05, 3.63) is 57.6 Å². The molecule has 0 saturated heterocycles. The average Bonchev–Trinajstić information content (AvgIpc) is 3.26. The molecule has 1 fully saturated rings.